The van der Waals surface area contributed by atoms with E-state index in [2.05, 4.69) is 0 Å². The van der Waals surface area contributed by atoms with Gasteiger partial charge in [-0.25, -0.2) is 0 Å². The third kappa shape index (κ3) is 2.12. The molecule has 0 fully saturated rings. The van der Waals surface area contributed by atoms with Crippen LogP contribution in [0.4, 0.5) is 11.4 Å². The quantitative estimate of drug-likeness (QED) is 0.905. The van der Waals surface area contributed by atoms with Gasteiger partial charge in [0.1, 0.15) is 0 Å². The summed E-state index contributed by atoms with van der Waals surface area (Å²) in [5.74, 6) is 0.0242. The molecule has 100 valence electrons. The van der Waals surface area contributed by atoms with Crippen molar-refractivity contribution in [1.29, 1.82) is 0 Å². The van der Waals surface area contributed by atoms with Crippen molar-refractivity contribution in [1.82, 2.24) is 0 Å². The smallest absolute Gasteiger partial charge is 0.232 e. The minimum atomic E-state index is 0.0242. The highest BCUT2D eigenvalue weighted by Gasteiger charge is 2.22. The first-order chi connectivity index (χ1) is 9.81. The van der Waals surface area contributed by atoms with E-state index in [-0.39, 0.29) is 5.91 Å². The number of hydrogen-bond acceptors (Lipinski definition) is 2. The Hall–Kier alpha value is -2.39. The third-order valence-electron chi connectivity index (χ3n) is 3.41. The Balaban J connectivity index is 2.20. The summed E-state index contributed by atoms with van der Waals surface area (Å²) >= 11 is 0. The molecule has 1 aliphatic rings. The van der Waals surface area contributed by atoms with Crippen LogP contribution in [0, 0.1) is 0 Å². The maximum absolute atomic E-state index is 12.5. The second-order valence-electron chi connectivity index (χ2n) is 4.72. The molecule has 0 radical (unpaired) electrons. The Labute approximate surface area is 118 Å². The topological polar surface area (TPSA) is 46.3 Å². The van der Waals surface area contributed by atoms with Crippen LogP contribution in [0.1, 0.15) is 17.5 Å². The van der Waals surface area contributed by atoms with E-state index >= 15 is 0 Å². The Morgan fingerprint density at radius 2 is 1.40 bits per heavy atom. The van der Waals surface area contributed by atoms with E-state index in [1.54, 1.807) is 4.90 Å². The van der Waals surface area contributed by atoms with Gasteiger partial charge >= 0.3 is 0 Å². The molecule has 2 N–H and O–H groups in total. The average Bonchev–Trinajstić information content (AvgIpc) is 2.64. The number of para-hydroxylation sites is 2. The number of amides is 1. The van der Waals surface area contributed by atoms with Crippen LogP contribution in [0.3, 0.4) is 0 Å². The van der Waals surface area contributed by atoms with Gasteiger partial charge in [-0.05, 0) is 23.3 Å². The molecule has 0 unspecified atom stereocenters. The largest absolute Gasteiger partial charge is 0.330 e. The van der Waals surface area contributed by atoms with E-state index in [0.29, 0.717) is 13.0 Å². The van der Waals surface area contributed by atoms with Crippen LogP contribution in [0.15, 0.2) is 48.5 Å². The highest BCUT2D eigenvalue weighted by Crippen LogP contribution is 2.36. The van der Waals surface area contributed by atoms with Crippen LogP contribution in [-0.2, 0) is 4.79 Å². The summed E-state index contributed by atoms with van der Waals surface area (Å²) < 4.78 is 0. The Kier molecular flexibility index (Phi) is 3.35. The highest BCUT2D eigenvalue weighted by molar-refractivity contribution is 6.06. The fraction of sp³-hybridized carbons (Fsp3) is 0.118. The number of fused-ring (bicyclic) bond motifs is 2. The van der Waals surface area contributed by atoms with Gasteiger partial charge in [0.25, 0.3) is 0 Å². The van der Waals surface area contributed by atoms with E-state index < -0.39 is 0 Å². The fourth-order valence-electron chi connectivity index (χ4n) is 2.48. The Morgan fingerprint density at radius 3 is 1.90 bits per heavy atom. The standard InChI is InChI=1S/C17H16N2O/c18-12-11-17(20)19-15-7-3-1-5-13(15)9-10-14-6-2-4-8-16(14)19/h1-10H,11-12,18H2. The minimum absolute atomic E-state index is 0.0242. The van der Waals surface area contributed by atoms with Crippen LogP contribution in [0.5, 0.6) is 0 Å². The van der Waals surface area contributed by atoms with Gasteiger partial charge in [0.15, 0.2) is 0 Å². The molecule has 0 saturated carbocycles. The number of carbonyl (C=O) groups is 1. The molecule has 0 bridgehead atoms. The molecule has 1 aliphatic heterocycles. The van der Waals surface area contributed by atoms with Crippen molar-refractivity contribution in [2.75, 3.05) is 11.4 Å². The molecule has 0 aromatic heterocycles. The predicted octanol–water partition coefficient (Wildman–Crippen LogP) is 3.18. The average molecular weight is 264 g/mol. The van der Waals surface area contributed by atoms with Gasteiger partial charge in [-0.3, -0.25) is 9.69 Å². The molecule has 2 aromatic rings. The minimum Gasteiger partial charge on any atom is -0.330 e. The lowest BCUT2D eigenvalue weighted by Crippen LogP contribution is -2.28. The van der Waals surface area contributed by atoms with Crippen LogP contribution >= 0.6 is 0 Å². The number of anilines is 2. The number of nitrogens with two attached hydrogens (primary N) is 1. The van der Waals surface area contributed by atoms with Crippen LogP contribution in [-0.4, -0.2) is 12.5 Å². The third-order valence-corrected chi connectivity index (χ3v) is 3.41. The SMILES string of the molecule is NCCC(=O)N1c2ccccc2C=Cc2ccccc21. The van der Waals surface area contributed by atoms with Crippen molar-refractivity contribution in [3.8, 4) is 0 Å². The number of rotatable bonds is 2. The lowest BCUT2D eigenvalue weighted by Gasteiger charge is -2.24. The Bertz CT molecular complexity index is 627. The van der Waals surface area contributed by atoms with E-state index in [1.165, 1.54) is 0 Å². The summed E-state index contributed by atoms with van der Waals surface area (Å²) in [6.45, 7) is 0.354. The molecule has 0 saturated heterocycles. The summed E-state index contributed by atoms with van der Waals surface area (Å²) in [7, 11) is 0. The molecular formula is C17H16N2O. The molecule has 3 heteroatoms. The number of benzene rings is 2. The maximum atomic E-state index is 12.5. The highest BCUT2D eigenvalue weighted by atomic mass is 16.2. The monoisotopic (exact) mass is 264 g/mol. The lowest BCUT2D eigenvalue weighted by atomic mass is 10.1. The van der Waals surface area contributed by atoms with Crippen LogP contribution < -0.4 is 10.6 Å². The van der Waals surface area contributed by atoms with Crippen molar-refractivity contribution in [3.05, 3.63) is 59.7 Å². The molecule has 0 atom stereocenters. The number of hydrogen-bond donors (Lipinski definition) is 1. The molecule has 1 amide bonds. The molecule has 3 nitrogen and oxygen atoms in total. The molecule has 3 rings (SSSR count). The lowest BCUT2D eigenvalue weighted by molar-refractivity contribution is -0.117. The van der Waals surface area contributed by atoms with E-state index in [1.807, 2.05) is 60.7 Å². The van der Waals surface area contributed by atoms with Gasteiger partial charge in [-0.15, -0.1) is 0 Å². The van der Waals surface area contributed by atoms with Crippen molar-refractivity contribution < 1.29 is 4.79 Å². The molecule has 1 heterocycles. The van der Waals surface area contributed by atoms with Crippen LogP contribution in [0.2, 0.25) is 0 Å². The molecule has 0 aliphatic carbocycles. The maximum Gasteiger partial charge on any atom is 0.232 e. The summed E-state index contributed by atoms with van der Waals surface area (Å²) in [5.41, 5.74) is 9.44. The first-order valence-corrected chi connectivity index (χ1v) is 6.70. The van der Waals surface area contributed by atoms with E-state index in [0.717, 1.165) is 22.5 Å². The summed E-state index contributed by atoms with van der Waals surface area (Å²) in [6, 6.07) is 15.8. The van der Waals surface area contributed by atoms with Gasteiger partial charge < -0.3 is 5.73 Å². The normalized spacial score (nSPS) is 12.6. The summed E-state index contributed by atoms with van der Waals surface area (Å²) in [6.07, 6.45) is 4.43. The van der Waals surface area contributed by atoms with Gasteiger partial charge in [0.2, 0.25) is 5.91 Å². The van der Waals surface area contributed by atoms with Crippen molar-refractivity contribution in [3.63, 3.8) is 0 Å². The number of nitrogens with zero attached hydrogens (tertiary/aromatic N) is 1. The zero-order valence-corrected chi connectivity index (χ0v) is 11.1. The van der Waals surface area contributed by atoms with E-state index in [9.17, 15) is 4.79 Å². The van der Waals surface area contributed by atoms with Gasteiger partial charge in [0.05, 0.1) is 11.4 Å². The molecule has 20 heavy (non-hydrogen) atoms. The summed E-state index contributed by atoms with van der Waals surface area (Å²) in [4.78, 5) is 14.3. The summed E-state index contributed by atoms with van der Waals surface area (Å²) in [5, 5.41) is 0. The number of carbonyl (C=O) groups excluding carboxylic acids is 1. The fourth-order valence-corrected chi connectivity index (χ4v) is 2.48. The van der Waals surface area contributed by atoms with Gasteiger partial charge in [-0.1, -0.05) is 48.6 Å². The van der Waals surface area contributed by atoms with Crippen LogP contribution in [0.25, 0.3) is 12.2 Å². The first kappa shape index (κ1) is 12.6. The second kappa shape index (κ2) is 5.31. The first-order valence-electron chi connectivity index (χ1n) is 6.70. The van der Waals surface area contributed by atoms with Gasteiger partial charge in [-0.2, -0.15) is 0 Å². The molecule has 2 aromatic carbocycles. The van der Waals surface area contributed by atoms with Crippen molar-refractivity contribution >= 4 is 29.4 Å². The molecule has 0 spiro atoms. The Morgan fingerprint density at radius 1 is 0.900 bits per heavy atom. The molecular weight excluding hydrogens is 248 g/mol. The zero-order chi connectivity index (χ0) is 13.9. The van der Waals surface area contributed by atoms with E-state index in [4.69, 9.17) is 5.73 Å². The van der Waals surface area contributed by atoms with Crippen molar-refractivity contribution in [2.24, 2.45) is 5.73 Å². The predicted molar refractivity (Wildman–Crippen MR) is 82.6 cm³/mol. The van der Waals surface area contributed by atoms with Gasteiger partial charge in [0, 0.05) is 13.0 Å². The zero-order valence-electron chi connectivity index (χ0n) is 11.1. The van der Waals surface area contributed by atoms with Crippen molar-refractivity contribution in [2.45, 2.75) is 6.42 Å². The second-order valence-corrected chi connectivity index (χ2v) is 4.72.